The van der Waals surface area contributed by atoms with E-state index in [2.05, 4.69) is 15.3 Å². The summed E-state index contributed by atoms with van der Waals surface area (Å²) in [5.74, 6) is 0.383. The summed E-state index contributed by atoms with van der Waals surface area (Å²) < 4.78 is 1.62. The van der Waals surface area contributed by atoms with Crippen LogP contribution in [0.15, 0.2) is 64.7 Å². The van der Waals surface area contributed by atoms with Gasteiger partial charge in [0.25, 0.3) is 5.56 Å². The zero-order valence-electron chi connectivity index (χ0n) is 13.4. The Labute approximate surface area is 158 Å². The Hall–Kier alpha value is -2.84. The molecule has 1 aromatic carbocycles. The van der Waals surface area contributed by atoms with Crippen molar-refractivity contribution in [3.63, 3.8) is 0 Å². The van der Waals surface area contributed by atoms with Gasteiger partial charge in [0, 0.05) is 18.0 Å². The van der Waals surface area contributed by atoms with Crippen LogP contribution in [0.2, 0.25) is 5.02 Å². The van der Waals surface area contributed by atoms with Crippen molar-refractivity contribution < 1.29 is 4.79 Å². The number of nitrogens with one attached hydrogen (secondary N) is 1. The Bertz CT molecular complexity index is 977. The predicted octanol–water partition coefficient (Wildman–Crippen LogP) is 2.59. The molecular formula is C17H14ClN5O2S. The van der Waals surface area contributed by atoms with Gasteiger partial charge in [-0.05, 0) is 24.3 Å². The van der Waals surface area contributed by atoms with Crippen molar-refractivity contribution in [1.82, 2.24) is 14.5 Å². The number of para-hydroxylation sites is 1. The molecule has 132 valence electrons. The van der Waals surface area contributed by atoms with Gasteiger partial charge < -0.3 is 11.1 Å². The summed E-state index contributed by atoms with van der Waals surface area (Å²) in [6.07, 6.45) is 1.44. The molecule has 0 unspecified atom stereocenters. The topological polar surface area (TPSA) is 103 Å². The van der Waals surface area contributed by atoms with E-state index in [9.17, 15) is 9.59 Å². The van der Waals surface area contributed by atoms with Crippen molar-refractivity contribution in [2.24, 2.45) is 0 Å². The average molecular weight is 388 g/mol. The summed E-state index contributed by atoms with van der Waals surface area (Å²) in [6.45, 7) is 0. The van der Waals surface area contributed by atoms with E-state index < -0.39 is 5.56 Å². The summed E-state index contributed by atoms with van der Waals surface area (Å²) >= 11 is 6.87. The molecule has 0 aliphatic heterocycles. The van der Waals surface area contributed by atoms with Crippen LogP contribution in [-0.2, 0) is 4.79 Å². The number of nitrogens with zero attached hydrogens (tertiary/aromatic N) is 3. The van der Waals surface area contributed by atoms with Crippen molar-refractivity contribution in [2.45, 2.75) is 5.16 Å². The first-order valence-corrected chi connectivity index (χ1v) is 8.88. The van der Waals surface area contributed by atoms with Gasteiger partial charge >= 0.3 is 0 Å². The first kappa shape index (κ1) is 18.0. The van der Waals surface area contributed by atoms with Crippen molar-refractivity contribution in [3.8, 4) is 5.69 Å². The molecule has 0 fully saturated rings. The average Bonchev–Trinajstić information content (AvgIpc) is 2.62. The Morgan fingerprint density at radius 3 is 2.69 bits per heavy atom. The molecule has 0 atom stereocenters. The minimum atomic E-state index is -0.461. The highest BCUT2D eigenvalue weighted by atomic mass is 35.5. The van der Waals surface area contributed by atoms with Gasteiger partial charge in [-0.25, -0.2) is 4.98 Å². The molecule has 0 saturated carbocycles. The van der Waals surface area contributed by atoms with Crippen LogP contribution < -0.4 is 16.6 Å². The van der Waals surface area contributed by atoms with E-state index in [1.807, 2.05) is 30.3 Å². The maximum absolute atomic E-state index is 12.1. The van der Waals surface area contributed by atoms with Gasteiger partial charge in [0.1, 0.15) is 11.6 Å². The van der Waals surface area contributed by atoms with E-state index in [-0.39, 0.29) is 17.5 Å². The van der Waals surface area contributed by atoms with Crippen LogP contribution in [0.3, 0.4) is 0 Å². The number of aromatic nitrogens is 3. The fourth-order valence-electron chi connectivity index (χ4n) is 2.17. The van der Waals surface area contributed by atoms with Gasteiger partial charge in [-0.2, -0.15) is 4.98 Å². The lowest BCUT2D eigenvalue weighted by molar-refractivity contribution is -0.113. The number of halogens is 1. The number of benzene rings is 1. The molecular weight excluding hydrogens is 374 g/mol. The fourth-order valence-corrected chi connectivity index (χ4v) is 3.11. The van der Waals surface area contributed by atoms with E-state index in [1.54, 1.807) is 16.7 Å². The van der Waals surface area contributed by atoms with Crippen LogP contribution in [0.25, 0.3) is 5.69 Å². The Morgan fingerprint density at radius 1 is 1.23 bits per heavy atom. The number of carbonyl (C=O) groups is 1. The van der Waals surface area contributed by atoms with E-state index in [0.29, 0.717) is 16.0 Å². The smallest absolute Gasteiger partial charge is 0.275 e. The number of amides is 1. The second kappa shape index (κ2) is 8.03. The third kappa shape index (κ3) is 4.41. The summed E-state index contributed by atoms with van der Waals surface area (Å²) in [6, 6.07) is 13.7. The van der Waals surface area contributed by atoms with Crippen LogP contribution >= 0.6 is 23.4 Å². The summed E-state index contributed by atoms with van der Waals surface area (Å²) in [7, 11) is 0. The predicted molar refractivity (Wildman–Crippen MR) is 103 cm³/mol. The van der Waals surface area contributed by atoms with E-state index in [1.165, 1.54) is 12.3 Å². The molecule has 2 heterocycles. The first-order valence-electron chi connectivity index (χ1n) is 7.52. The SMILES string of the molecule is Nc1cc(=O)nc(SCC(=O)Nc2ccc(Cl)cn2)n1-c1ccccc1. The quantitative estimate of drug-likeness (QED) is 0.515. The van der Waals surface area contributed by atoms with Gasteiger partial charge in [0.2, 0.25) is 5.91 Å². The zero-order chi connectivity index (χ0) is 18.5. The number of hydrogen-bond acceptors (Lipinski definition) is 6. The maximum Gasteiger partial charge on any atom is 0.275 e. The van der Waals surface area contributed by atoms with Crippen molar-refractivity contribution in [2.75, 3.05) is 16.8 Å². The van der Waals surface area contributed by atoms with E-state index in [4.69, 9.17) is 17.3 Å². The molecule has 9 heteroatoms. The number of nitrogens with two attached hydrogens (primary N) is 1. The third-order valence-electron chi connectivity index (χ3n) is 3.27. The number of nitrogen functional groups attached to an aromatic ring is 1. The number of thioether (sulfide) groups is 1. The van der Waals surface area contributed by atoms with Crippen LogP contribution in [0, 0.1) is 0 Å². The monoisotopic (exact) mass is 387 g/mol. The Morgan fingerprint density at radius 2 is 2.00 bits per heavy atom. The maximum atomic E-state index is 12.1. The molecule has 0 aliphatic carbocycles. The van der Waals surface area contributed by atoms with Crippen molar-refractivity contribution in [3.05, 3.63) is 70.1 Å². The normalized spacial score (nSPS) is 10.5. The van der Waals surface area contributed by atoms with Crippen LogP contribution in [-0.4, -0.2) is 26.2 Å². The van der Waals surface area contributed by atoms with Crippen LogP contribution in [0.1, 0.15) is 0 Å². The molecule has 3 rings (SSSR count). The fraction of sp³-hybridized carbons (Fsp3) is 0.0588. The highest BCUT2D eigenvalue weighted by molar-refractivity contribution is 7.99. The third-order valence-corrected chi connectivity index (χ3v) is 4.43. The molecule has 0 spiro atoms. The molecule has 0 saturated heterocycles. The standard InChI is InChI=1S/C17H14ClN5O2S/c18-11-6-7-14(20-9-11)21-16(25)10-26-17-22-15(24)8-13(19)23(17)12-4-2-1-3-5-12/h1-9H,10,19H2,(H,20,21,25). The van der Waals surface area contributed by atoms with E-state index in [0.717, 1.165) is 17.4 Å². The minimum absolute atomic E-state index is 0.0348. The number of hydrogen-bond donors (Lipinski definition) is 2. The Kier molecular flexibility index (Phi) is 5.55. The lowest BCUT2D eigenvalue weighted by Crippen LogP contribution is -2.19. The van der Waals surface area contributed by atoms with Gasteiger partial charge in [-0.1, -0.05) is 41.6 Å². The Balaban J connectivity index is 1.78. The number of carbonyl (C=O) groups excluding carboxylic acids is 1. The zero-order valence-corrected chi connectivity index (χ0v) is 15.0. The molecule has 3 aromatic rings. The van der Waals surface area contributed by atoms with Crippen LogP contribution in [0.5, 0.6) is 0 Å². The van der Waals surface area contributed by atoms with Gasteiger partial charge in [-0.3, -0.25) is 14.2 Å². The molecule has 7 nitrogen and oxygen atoms in total. The highest BCUT2D eigenvalue weighted by Crippen LogP contribution is 2.22. The van der Waals surface area contributed by atoms with Crippen molar-refractivity contribution >= 4 is 40.9 Å². The summed E-state index contributed by atoms with van der Waals surface area (Å²) in [4.78, 5) is 31.8. The largest absolute Gasteiger partial charge is 0.385 e. The number of rotatable bonds is 5. The number of anilines is 2. The molecule has 0 aliphatic rings. The highest BCUT2D eigenvalue weighted by Gasteiger charge is 2.13. The molecule has 3 N–H and O–H groups in total. The molecule has 0 radical (unpaired) electrons. The van der Waals surface area contributed by atoms with Gasteiger partial charge in [0.15, 0.2) is 5.16 Å². The first-order chi connectivity index (χ1) is 12.5. The van der Waals surface area contributed by atoms with Gasteiger partial charge in [0.05, 0.1) is 10.8 Å². The molecule has 26 heavy (non-hydrogen) atoms. The second-order valence-corrected chi connectivity index (χ2v) is 6.55. The van der Waals surface area contributed by atoms with Crippen molar-refractivity contribution in [1.29, 1.82) is 0 Å². The summed E-state index contributed by atoms with van der Waals surface area (Å²) in [5.41, 5.74) is 6.27. The molecule has 0 bridgehead atoms. The minimum Gasteiger partial charge on any atom is -0.385 e. The lowest BCUT2D eigenvalue weighted by atomic mass is 10.3. The van der Waals surface area contributed by atoms with Gasteiger partial charge in [-0.15, -0.1) is 0 Å². The summed E-state index contributed by atoms with van der Waals surface area (Å²) in [5, 5.41) is 3.47. The lowest BCUT2D eigenvalue weighted by Gasteiger charge is -2.14. The second-order valence-electron chi connectivity index (χ2n) is 5.17. The van der Waals surface area contributed by atoms with E-state index >= 15 is 0 Å². The van der Waals surface area contributed by atoms with Crippen LogP contribution in [0.4, 0.5) is 11.6 Å². The molecule has 2 aromatic heterocycles. The number of pyridine rings is 1. The molecule has 1 amide bonds.